The van der Waals surface area contributed by atoms with E-state index in [1.807, 2.05) is 18.3 Å². The van der Waals surface area contributed by atoms with Crippen molar-refractivity contribution in [2.75, 3.05) is 0 Å². The van der Waals surface area contributed by atoms with Gasteiger partial charge in [-0.2, -0.15) is 0 Å². The van der Waals surface area contributed by atoms with Crippen LogP contribution < -0.4 is 0 Å². The number of pyridine rings is 1. The second kappa shape index (κ2) is 5.30. The van der Waals surface area contributed by atoms with Crippen LogP contribution in [0, 0.1) is 6.42 Å². The molecule has 0 bridgehead atoms. The van der Waals surface area contributed by atoms with Crippen LogP contribution in [0.25, 0.3) is 0 Å². The Morgan fingerprint density at radius 1 is 0.867 bits per heavy atom. The van der Waals surface area contributed by atoms with Gasteiger partial charge < -0.3 is 0 Å². The van der Waals surface area contributed by atoms with Gasteiger partial charge in [0.05, 0.1) is 0 Å². The molecule has 0 spiro atoms. The van der Waals surface area contributed by atoms with E-state index in [-0.39, 0.29) is 0 Å². The highest BCUT2D eigenvalue weighted by Gasteiger charge is 1.94. The fourth-order valence-electron chi connectivity index (χ4n) is 1.54. The monoisotopic (exact) mass is 196 g/mol. The summed E-state index contributed by atoms with van der Waals surface area (Å²) in [7, 11) is 0. The van der Waals surface area contributed by atoms with Gasteiger partial charge in [0.2, 0.25) is 0 Å². The van der Waals surface area contributed by atoms with E-state index >= 15 is 0 Å². The molecule has 0 N–H and O–H groups in total. The lowest BCUT2D eigenvalue weighted by Gasteiger charge is -2.00. The third-order valence-electron chi connectivity index (χ3n) is 2.33. The average Bonchev–Trinajstić information content (AvgIpc) is 2.32. The third kappa shape index (κ3) is 3.21. The lowest BCUT2D eigenvalue weighted by atomic mass is 10.1. The van der Waals surface area contributed by atoms with Crippen molar-refractivity contribution in [1.82, 2.24) is 4.98 Å². The quantitative estimate of drug-likeness (QED) is 0.732. The second-order valence-electron chi connectivity index (χ2n) is 3.54. The van der Waals surface area contributed by atoms with Gasteiger partial charge in [-0.05, 0) is 36.5 Å². The zero-order valence-corrected chi connectivity index (χ0v) is 8.63. The number of rotatable bonds is 4. The van der Waals surface area contributed by atoms with Crippen LogP contribution in [-0.2, 0) is 12.8 Å². The van der Waals surface area contributed by atoms with Crippen molar-refractivity contribution >= 4 is 0 Å². The van der Waals surface area contributed by atoms with Crippen molar-refractivity contribution in [3.8, 4) is 0 Å². The molecule has 1 aromatic carbocycles. The Labute approximate surface area is 90.8 Å². The molecule has 1 heterocycles. The first kappa shape index (κ1) is 9.91. The van der Waals surface area contributed by atoms with Crippen LogP contribution in [0.4, 0.5) is 0 Å². The van der Waals surface area contributed by atoms with Crippen LogP contribution >= 0.6 is 0 Å². The predicted molar refractivity (Wildman–Crippen MR) is 62.4 cm³/mol. The molecule has 0 aliphatic rings. The maximum absolute atomic E-state index is 4.09. The van der Waals surface area contributed by atoms with E-state index in [2.05, 4.69) is 41.7 Å². The third-order valence-corrected chi connectivity index (χ3v) is 2.33. The molecular weight excluding hydrogens is 182 g/mol. The number of hydrogen-bond donors (Lipinski definition) is 0. The van der Waals surface area contributed by atoms with Crippen LogP contribution in [0.3, 0.4) is 0 Å². The number of aromatic nitrogens is 1. The van der Waals surface area contributed by atoms with Crippen molar-refractivity contribution < 1.29 is 0 Å². The molecule has 0 saturated carbocycles. The minimum Gasteiger partial charge on any atom is -0.264 e. The molecule has 1 aromatic heterocycles. The molecule has 1 heteroatoms. The van der Waals surface area contributed by atoms with Crippen molar-refractivity contribution in [3.05, 3.63) is 72.4 Å². The van der Waals surface area contributed by atoms with Gasteiger partial charge in [0.25, 0.3) is 0 Å². The molecule has 15 heavy (non-hydrogen) atoms. The van der Waals surface area contributed by atoms with Gasteiger partial charge in [0.1, 0.15) is 0 Å². The SMILES string of the molecule is [CH](Cc1ccccc1)Cc1cccnc1. The second-order valence-corrected chi connectivity index (χ2v) is 3.54. The molecule has 2 rings (SSSR count). The summed E-state index contributed by atoms with van der Waals surface area (Å²) in [6, 6.07) is 14.6. The number of benzene rings is 1. The Bertz CT molecular complexity index is 341. The smallest absolute Gasteiger partial charge is 0.0299 e. The van der Waals surface area contributed by atoms with Gasteiger partial charge in [-0.1, -0.05) is 36.4 Å². The standard InChI is InChI=1S/C14H14N/c1-2-6-13(7-3-1)8-4-9-14-10-5-11-15-12-14/h1-7,10-12H,8-9H2. The van der Waals surface area contributed by atoms with E-state index in [0.717, 1.165) is 12.8 Å². The van der Waals surface area contributed by atoms with Crippen LogP contribution in [0.5, 0.6) is 0 Å². The number of nitrogens with zero attached hydrogens (tertiary/aromatic N) is 1. The van der Waals surface area contributed by atoms with Gasteiger partial charge in [-0.15, -0.1) is 0 Å². The Hall–Kier alpha value is -1.63. The summed E-state index contributed by atoms with van der Waals surface area (Å²) in [4.78, 5) is 4.09. The van der Waals surface area contributed by atoms with Crippen LogP contribution in [-0.4, -0.2) is 4.98 Å². The van der Waals surface area contributed by atoms with Gasteiger partial charge in [-0.25, -0.2) is 0 Å². The zero-order valence-electron chi connectivity index (χ0n) is 8.63. The Morgan fingerprint density at radius 3 is 2.33 bits per heavy atom. The average molecular weight is 196 g/mol. The van der Waals surface area contributed by atoms with Gasteiger partial charge >= 0.3 is 0 Å². The fraction of sp³-hybridized carbons (Fsp3) is 0.143. The van der Waals surface area contributed by atoms with E-state index in [0.29, 0.717) is 0 Å². The molecule has 0 aliphatic heterocycles. The maximum atomic E-state index is 4.09. The molecule has 1 nitrogen and oxygen atoms in total. The summed E-state index contributed by atoms with van der Waals surface area (Å²) in [5, 5.41) is 0. The molecule has 75 valence electrons. The first-order valence-corrected chi connectivity index (χ1v) is 5.19. The highest BCUT2D eigenvalue weighted by molar-refractivity contribution is 5.18. The molecule has 0 aliphatic carbocycles. The minimum atomic E-state index is 0.989. The molecule has 0 saturated heterocycles. The normalized spacial score (nSPS) is 10.1. The molecule has 0 unspecified atom stereocenters. The van der Waals surface area contributed by atoms with E-state index < -0.39 is 0 Å². The Kier molecular flexibility index (Phi) is 3.50. The lowest BCUT2D eigenvalue weighted by molar-refractivity contribution is 1.02. The summed E-state index contributed by atoms with van der Waals surface area (Å²) in [6.45, 7) is 0. The molecule has 0 amide bonds. The van der Waals surface area contributed by atoms with Crippen molar-refractivity contribution in [3.63, 3.8) is 0 Å². The van der Waals surface area contributed by atoms with Crippen LogP contribution in [0.2, 0.25) is 0 Å². The Morgan fingerprint density at radius 2 is 1.60 bits per heavy atom. The summed E-state index contributed by atoms with van der Waals surface area (Å²) >= 11 is 0. The van der Waals surface area contributed by atoms with E-state index in [4.69, 9.17) is 0 Å². The lowest BCUT2D eigenvalue weighted by Crippen LogP contribution is -1.91. The van der Waals surface area contributed by atoms with Gasteiger partial charge in [0, 0.05) is 12.4 Å². The largest absolute Gasteiger partial charge is 0.264 e. The molecule has 0 atom stereocenters. The summed E-state index contributed by atoms with van der Waals surface area (Å²) < 4.78 is 0. The van der Waals surface area contributed by atoms with Crippen molar-refractivity contribution in [1.29, 1.82) is 0 Å². The molecule has 2 aromatic rings. The predicted octanol–water partition coefficient (Wildman–Crippen LogP) is 3.07. The van der Waals surface area contributed by atoms with E-state index in [1.54, 1.807) is 6.20 Å². The minimum absolute atomic E-state index is 0.989. The highest BCUT2D eigenvalue weighted by Crippen LogP contribution is 2.05. The summed E-state index contributed by atoms with van der Waals surface area (Å²) in [6.07, 6.45) is 8.02. The molecule has 0 fully saturated rings. The topological polar surface area (TPSA) is 12.9 Å². The first-order valence-electron chi connectivity index (χ1n) is 5.19. The van der Waals surface area contributed by atoms with E-state index in [1.165, 1.54) is 11.1 Å². The molecular formula is C14H14N. The van der Waals surface area contributed by atoms with Crippen LogP contribution in [0.1, 0.15) is 11.1 Å². The first-order chi connectivity index (χ1) is 7.45. The van der Waals surface area contributed by atoms with Gasteiger partial charge in [0.15, 0.2) is 0 Å². The summed E-state index contributed by atoms with van der Waals surface area (Å²) in [5.74, 6) is 0. The fourth-order valence-corrected chi connectivity index (χ4v) is 1.54. The Balaban J connectivity index is 1.81. The van der Waals surface area contributed by atoms with Crippen molar-refractivity contribution in [2.45, 2.75) is 12.8 Å². The summed E-state index contributed by atoms with van der Waals surface area (Å²) in [5.41, 5.74) is 2.63. The van der Waals surface area contributed by atoms with Gasteiger partial charge in [-0.3, -0.25) is 4.98 Å². The maximum Gasteiger partial charge on any atom is 0.0299 e. The number of hydrogen-bond acceptors (Lipinski definition) is 1. The van der Waals surface area contributed by atoms with E-state index in [9.17, 15) is 0 Å². The van der Waals surface area contributed by atoms with Crippen molar-refractivity contribution in [2.24, 2.45) is 0 Å². The molecule has 1 radical (unpaired) electrons. The zero-order chi connectivity index (χ0) is 10.3. The highest BCUT2D eigenvalue weighted by atomic mass is 14.6. The van der Waals surface area contributed by atoms with Crippen LogP contribution in [0.15, 0.2) is 54.9 Å².